The van der Waals surface area contributed by atoms with Gasteiger partial charge in [-0.1, -0.05) is 30.7 Å². The molecule has 0 aliphatic carbocycles. The van der Waals surface area contributed by atoms with Gasteiger partial charge in [0, 0.05) is 24.5 Å². The summed E-state index contributed by atoms with van der Waals surface area (Å²) in [6, 6.07) is 13.7. The zero-order valence-electron chi connectivity index (χ0n) is 19.3. The molecule has 2 aromatic carbocycles. The molecule has 0 saturated carbocycles. The number of hydrogen-bond donors (Lipinski definition) is 1. The number of hydrogen-bond acceptors (Lipinski definition) is 4. The van der Waals surface area contributed by atoms with Gasteiger partial charge in [-0.25, -0.2) is 4.39 Å². The molecule has 6 nitrogen and oxygen atoms in total. The van der Waals surface area contributed by atoms with E-state index >= 15 is 0 Å². The zero-order chi connectivity index (χ0) is 23.5. The summed E-state index contributed by atoms with van der Waals surface area (Å²) in [6.07, 6.45) is 5.83. The monoisotopic (exact) mass is 463 g/mol. The van der Waals surface area contributed by atoms with Crippen molar-refractivity contribution in [2.24, 2.45) is 0 Å². The predicted octanol–water partition coefficient (Wildman–Crippen LogP) is 4.84. The van der Waals surface area contributed by atoms with Crippen molar-refractivity contribution in [2.75, 3.05) is 31.5 Å². The summed E-state index contributed by atoms with van der Waals surface area (Å²) in [5.74, 6) is -0.645. The highest BCUT2D eigenvalue weighted by molar-refractivity contribution is 6.11. The van der Waals surface area contributed by atoms with Gasteiger partial charge in [-0.2, -0.15) is 0 Å². The molecule has 2 fully saturated rings. The first kappa shape index (κ1) is 22.6. The summed E-state index contributed by atoms with van der Waals surface area (Å²) in [5.41, 5.74) is 1.66. The number of rotatable bonds is 5. The van der Waals surface area contributed by atoms with E-state index < -0.39 is 0 Å². The van der Waals surface area contributed by atoms with E-state index in [1.54, 1.807) is 18.2 Å². The van der Waals surface area contributed by atoms with Crippen LogP contribution in [0.5, 0.6) is 0 Å². The van der Waals surface area contributed by atoms with E-state index in [2.05, 4.69) is 10.2 Å². The van der Waals surface area contributed by atoms with Crippen LogP contribution in [0.25, 0.3) is 11.0 Å². The third-order valence-corrected chi connectivity index (χ3v) is 6.99. The quantitative estimate of drug-likeness (QED) is 0.588. The van der Waals surface area contributed by atoms with Crippen molar-refractivity contribution < 1.29 is 18.4 Å². The summed E-state index contributed by atoms with van der Waals surface area (Å²) >= 11 is 0. The van der Waals surface area contributed by atoms with Crippen LogP contribution in [0.4, 0.5) is 10.1 Å². The molecule has 2 aliphatic rings. The van der Waals surface area contributed by atoms with Gasteiger partial charge in [0.1, 0.15) is 17.1 Å². The molecule has 0 bridgehead atoms. The van der Waals surface area contributed by atoms with Crippen molar-refractivity contribution in [3.05, 3.63) is 65.7 Å². The Balaban J connectivity index is 1.32. The number of halogens is 1. The Labute approximate surface area is 198 Å². The van der Waals surface area contributed by atoms with E-state index in [1.165, 1.54) is 31.4 Å². The summed E-state index contributed by atoms with van der Waals surface area (Å²) in [5, 5.41) is 3.59. The Morgan fingerprint density at radius 3 is 2.38 bits per heavy atom. The highest BCUT2D eigenvalue weighted by Gasteiger charge is 2.31. The number of nitrogens with zero attached hydrogens (tertiary/aromatic N) is 2. The van der Waals surface area contributed by atoms with Crippen molar-refractivity contribution in [2.45, 2.75) is 44.6 Å². The second-order valence-corrected chi connectivity index (χ2v) is 9.27. The minimum atomic E-state index is -0.345. The largest absolute Gasteiger partial charge is 0.449 e. The first-order valence-electron chi connectivity index (χ1n) is 12.2. The molecule has 0 radical (unpaired) electrons. The van der Waals surface area contributed by atoms with Gasteiger partial charge < -0.3 is 19.5 Å². The second-order valence-electron chi connectivity index (χ2n) is 9.27. The summed E-state index contributed by atoms with van der Waals surface area (Å²) < 4.78 is 19.2. The lowest BCUT2D eigenvalue weighted by atomic mass is 9.99. The van der Waals surface area contributed by atoms with Crippen molar-refractivity contribution >= 4 is 28.5 Å². The van der Waals surface area contributed by atoms with E-state index in [4.69, 9.17) is 4.42 Å². The number of furan rings is 1. The molecule has 3 heterocycles. The SMILES string of the molecule is O=C(Cc1ccc(F)cc1)Nc1c(C(=O)N2CCC(N3CCCCC3)CC2)oc2ccccc12. The molecule has 7 heteroatoms. The predicted molar refractivity (Wildman–Crippen MR) is 129 cm³/mol. The number of para-hydroxylation sites is 1. The fraction of sp³-hybridized carbons (Fsp3) is 0.407. The minimum Gasteiger partial charge on any atom is -0.449 e. The Kier molecular flexibility index (Phi) is 6.63. The lowest BCUT2D eigenvalue weighted by Gasteiger charge is -2.40. The molecule has 0 atom stereocenters. The van der Waals surface area contributed by atoms with Crippen LogP contribution in [0.2, 0.25) is 0 Å². The lowest BCUT2D eigenvalue weighted by molar-refractivity contribution is -0.115. The molecule has 5 rings (SSSR count). The summed E-state index contributed by atoms with van der Waals surface area (Å²) in [4.78, 5) is 30.7. The molecule has 2 saturated heterocycles. The number of likely N-dealkylation sites (tertiary alicyclic amines) is 2. The molecule has 2 aliphatic heterocycles. The molecule has 1 N–H and O–H groups in total. The smallest absolute Gasteiger partial charge is 0.291 e. The van der Waals surface area contributed by atoms with E-state index in [9.17, 15) is 14.0 Å². The maximum Gasteiger partial charge on any atom is 0.291 e. The molecule has 178 valence electrons. The number of benzene rings is 2. The number of nitrogens with one attached hydrogen (secondary N) is 1. The standard InChI is InChI=1S/C27H30FN3O3/c28-20-10-8-19(9-11-20)18-24(32)29-25-22-6-2-3-7-23(22)34-26(25)27(33)31-16-12-21(13-17-31)30-14-4-1-5-15-30/h2-3,6-11,21H,1,4-5,12-18H2,(H,29,32). The summed E-state index contributed by atoms with van der Waals surface area (Å²) in [7, 11) is 0. The van der Waals surface area contributed by atoms with Crippen molar-refractivity contribution in [1.82, 2.24) is 9.80 Å². The van der Waals surface area contributed by atoms with E-state index in [0.717, 1.165) is 25.9 Å². The molecule has 1 aromatic heterocycles. The Morgan fingerprint density at radius 2 is 1.65 bits per heavy atom. The average molecular weight is 464 g/mol. The van der Waals surface area contributed by atoms with E-state index in [-0.39, 0.29) is 29.8 Å². The number of fused-ring (bicyclic) bond motifs is 1. The first-order chi connectivity index (χ1) is 16.6. The third-order valence-electron chi connectivity index (χ3n) is 6.99. The van der Waals surface area contributed by atoms with Gasteiger partial charge in [0.15, 0.2) is 0 Å². The molecule has 3 aromatic rings. The Hall–Kier alpha value is -3.19. The van der Waals surface area contributed by atoms with Gasteiger partial charge >= 0.3 is 0 Å². The normalized spacial score (nSPS) is 17.7. The van der Waals surface area contributed by atoms with Crippen molar-refractivity contribution in [1.29, 1.82) is 0 Å². The van der Waals surface area contributed by atoms with Gasteiger partial charge in [-0.15, -0.1) is 0 Å². The average Bonchev–Trinajstić information content (AvgIpc) is 3.24. The molecule has 0 unspecified atom stereocenters. The van der Waals surface area contributed by atoms with E-state index in [0.29, 0.717) is 41.4 Å². The van der Waals surface area contributed by atoms with Crippen molar-refractivity contribution in [3.63, 3.8) is 0 Å². The first-order valence-corrected chi connectivity index (χ1v) is 12.2. The molecule has 0 spiro atoms. The Morgan fingerprint density at radius 1 is 0.941 bits per heavy atom. The third kappa shape index (κ3) is 4.85. The number of carbonyl (C=O) groups excluding carboxylic acids is 2. The Bertz CT molecular complexity index is 1160. The van der Waals surface area contributed by atoms with Gasteiger partial charge in [0.25, 0.3) is 5.91 Å². The van der Waals surface area contributed by atoms with Crippen LogP contribution in [0, 0.1) is 5.82 Å². The number of carbonyl (C=O) groups is 2. The molecular weight excluding hydrogens is 433 g/mol. The maximum absolute atomic E-state index is 13.5. The van der Waals surface area contributed by atoms with Crippen LogP contribution < -0.4 is 5.32 Å². The van der Waals surface area contributed by atoms with Crippen LogP contribution in [-0.4, -0.2) is 53.8 Å². The van der Waals surface area contributed by atoms with Crippen LogP contribution in [0.15, 0.2) is 52.9 Å². The van der Waals surface area contributed by atoms with Gasteiger partial charge in [-0.3, -0.25) is 9.59 Å². The van der Waals surface area contributed by atoms with Gasteiger partial charge in [0.2, 0.25) is 11.7 Å². The van der Waals surface area contributed by atoms with Crippen LogP contribution in [0.3, 0.4) is 0 Å². The molecule has 2 amide bonds. The summed E-state index contributed by atoms with van der Waals surface area (Å²) in [6.45, 7) is 3.68. The fourth-order valence-electron chi connectivity index (χ4n) is 5.15. The van der Waals surface area contributed by atoms with Crippen LogP contribution in [-0.2, 0) is 11.2 Å². The van der Waals surface area contributed by atoms with E-state index in [1.807, 2.05) is 23.1 Å². The van der Waals surface area contributed by atoms with Crippen LogP contribution in [0.1, 0.15) is 48.2 Å². The minimum absolute atomic E-state index is 0.0780. The number of amides is 2. The van der Waals surface area contributed by atoms with Crippen molar-refractivity contribution in [3.8, 4) is 0 Å². The lowest BCUT2D eigenvalue weighted by Crippen LogP contribution is -2.48. The topological polar surface area (TPSA) is 65.8 Å². The van der Waals surface area contributed by atoms with Gasteiger partial charge in [-0.05, 0) is 68.6 Å². The maximum atomic E-state index is 13.5. The van der Waals surface area contributed by atoms with Gasteiger partial charge in [0.05, 0.1) is 6.42 Å². The highest BCUT2D eigenvalue weighted by atomic mass is 19.1. The number of anilines is 1. The zero-order valence-corrected chi connectivity index (χ0v) is 19.3. The molecule has 34 heavy (non-hydrogen) atoms. The number of piperidine rings is 2. The second kappa shape index (κ2) is 9.97. The van der Waals surface area contributed by atoms with Crippen LogP contribution >= 0.6 is 0 Å². The fourth-order valence-corrected chi connectivity index (χ4v) is 5.15. The molecular formula is C27H30FN3O3. The highest BCUT2D eigenvalue weighted by Crippen LogP contribution is 2.33.